The van der Waals surface area contributed by atoms with Crippen LogP contribution in [-0.2, 0) is 24.3 Å². The van der Waals surface area contributed by atoms with Gasteiger partial charge in [-0.1, -0.05) is 37.8 Å². The van der Waals surface area contributed by atoms with Gasteiger partial charge in [-0.05, 0) is 43.9 Å². The van der Waals surface area contributed by atoms with Crippen molar-refractivity contribution in [2.24, 2.45) is 5.92 Å². The van der Waals surface area contributed by atoms with Gasteiger partial charge < -0.3 is 15.0 Å². The highest BCUT2D eigenvalue weighted by atomic mass is 16.3. The lowest BCUT2D eigenvalue weighted by molar-refractivity contribution is -0.119. The monoisotopic (exact) mass is 437 g/mol. The van der Waals surface area contributed by atoms with Crippen LogP contribution in [-0.4, -0.2) is 49.4 Å². The van der Waals surface area contributed by atoms with E-state index in [0.717, 1.165) is 56.2 Å². The third-order valence-electron chi connectivity index (χ3n) is 5.42. The molecule has 1 unspecified atom stereocenters. The third kappa shape index (κ3) is 6.91. The summed E-state index contributed by atoms with van der Waals surface area (Å²) in [5, 5.41) is 21.7. The first kappa shape index (κ1) is 24.0. The summed E-state index contributed by atoms with van der Waals surface area (Å²) in [7, 11) is 0. The molecule has 0 saturated carbocycles. The third-order valence-corrected chi connectivity index (χ3v) is 5.42. The molecule has 1 atom stereocenters. The molecular weight excluding hydrogens is 402 g/mol. The van der Waals surface area contributed by atoms with Gasteiger partial charge in [0.05, 0.1) is 6.04 Å². The van der Waals surface area contributed by atoms with Crippen LogP contribution in [0.3, 0.4) is 0 Å². The summed E-state index contributed by atoms with van der Waals surface area (Å²) in [6, 6.07) is 8.09. The predicted octanol–water partition coefficient (Wildman–Crippen LogP) is 2.68. The van der Waals surface area contributed by atoms with Gasteiger partial charge in [-0.3, -0.25) is 9.69 Å². The molecule has 0 saturated heterocycles. The largest absolute Gasteiger partial charge is 0.378 e. The minimum absolute atomic E-state index is 0.0427. The Labute approximate surface area is 191 Å². The van der Waals surface area contributed by atoms with Crippen LogP contribution >= 0.6 is 0 Å². The smallest absolute Gasteiger partial charge is 0.217 e. The summed E-state index contributed by atoms with van der Waals surface area (Å²) in [5.41, 5.74) is 1.14. The lowest BCUT2D eigenvalue weighted by Crippen LogP contribution is -2.31. The van der Waals surface area contributed by atoms with Gasteiger partial charge in [-0.25, -0.2) is 0 Å². The normalized spacial score (nSPS) is 15.5. The number of nitrogens with zero attached hydrogens (tertiary/aromatic N) is 4. The highest BCUT2D eigenvalue weighted by Crippen LogP contribution is 2.22. The van der Waals surface area contributed by atoms with Crippen LogP contribution in [0.25, 0.3) is 0 Å². The number of hydrogen-bond acceptors (Lipinski definition) is 5. The summed E-state index contributed by atoms with van der Waals surface area (Å²) in [6.45, 7) is 12.7. The second-order valence-corrected chi connectivity index (χ2v) is 9.54. The highest BCUT2D eigenvalue weighted by Gasteiger charge is 2.25. The first-order valence-electron chi connectivity index (χ1n) is 11.4. The van der Waals surface area contributed by atoms with Crippen molar-refractivity contribution in [3.8, 4) is 11.8 Å². The van der Waals surface area contributed by atoms with E-state index in [1.165, 1.54) is 5.56 Å². The Bertz CT molecular complexity index is 976. The number of nitrogens with one attached hydrogen (secondary N) is 1. The zero-order valence-corrected chi connectivity index (χ0v) is 19.9. The van der Waals surface area contributed by atoms with E-state index in [1.807, 2.05) is 12.1 Å². The van der Waals surface area contributed by atoms with Gasteiger partial charge in [0, 0.05) is 45.1 Å². The first-order chi connectivity index (χ1) is 15.1. The fourth-order valence-corrected chi connectivity index (χ4v) is 3.93. The zero-order valence-electron chi connectivity index (χ0n) is 19.9. The Morgan fingerprint density at radius 2 is 1.91 bits per heavy atom. The first-order valence-corrected chi connectivity index (χ1v) is 11.4. The van der Waals surface area contributed by atoms with Crippen molar-refractivity contribution in [2.75, 3.05) is 13.1 Å². The van der Waals surface area contributed by atoms with E-state index >= 15 is 0 Å². The molecule has 2 aromatic rings. The molecule has 0 fully saturated rings. The summed E-state index contributed by atoms with van der Waals surface area (Å²) in [4.78, 5) is 14.2. The van der Waals surface area contributed by atoms with E-state index in [0.29, 0.717) is 5.92 Å². The van der Waals surface area contributed by atoms with Crippen molar-refractivity contribution >= 4 is 5.91 Å². The number of aromatic nitrogens is 3. The van der Waals surface area contributed by atoms with Gasteiger partial charge in [0.2, 0.25) is 5.91 Å². The van der Waals surface area contributed by atoms with E-state index in [1.54, 1.807) is 20.8 Å². The molecule has 2 N–H and O–H groups in total. The van der Waals surface area contributed by atoms with Crippen LogP contribution in [0.5, 0.6) is 0 Å². The van der Waals surface area contributed by atoms with Crippen LogP contribution in [0, 0.1) is 17.8 Å². The predicted molar refractivity (Wildman–Crippen MR) is 125 cm³/mol. The molecule has 7 heteroatoms. The Morgan fingerprint density at radius 1 is 1.19 bits per heavy atom. The fraction of sp³-hybridized carbons (Fsp3) is 0.560. The van der Waals surface area contributed by atoms with Gasteiger partial charge in [0.25, 0.3) is 0 Å². The number of carbonyl (C=O) groups excluding carboxylic acids is 1. The summed E-state index contributed by atoms with van der Waals surface area (Å²) in [5.74, 6) is 8.11. The van der Waals surface area contributed by atoms with Crippen molar-refractivity contribution in [2.45, 2.75) is 72.2 Å². The molecule has 7 nitrogen and oxygen atoms in total. The molecule has 0 radical (unpaired) electrons. The van der Waals surface area contributed by atoms with E-state index in [2.05, 4.69) is 62.8 Å². The molecule has 2 heterocycles. The molecule has 0 spiro atoms. The van der Waals surface area contributed by atoms with Gasteiger partial charge in [0.15, 0.2) is 5.82 Å². The molecule has 0 aliphatic carbocycles. The SMILES string of the molecule is CC(=O)NC(CC(C)C)c1nnc2n1CCN(Cc1ccc(C#CC(C)(C)O)cc1)CC2. The molecule has 1 aliphatic rings. The second-order valence-electron chi connectivity index (χ2n) is 9.54. The van der Waals surface area contributed by atoms with E-state index in [-0.39, 0.29) is 11.9 Å². The molecule has 1 aliphatic heterocycles. The van der Waals surface area contributed by atoms with Crippen LogP contribution < -0.4 is 5.32 Å². The van der Waals surface area contributed by atoms with E-state index in [9.17, 15) is 9.90 Å². The number of hydrogen-bond donors (Lipinski definition) is 2. The molecule has 1 aromatic carbocycles. The van der Waals surface area contributed by atoms with Crippen LogP contribution in [0.4, 0.5) is 0 Å². The summed E-state index contributed by atoms with van der Waals surface area (Å²) in [6.07, 6.45) is 1.67. The van der Waals surface area contributed by atoms with Gasteiger partial charge in [-0.2, -0.15) is 0 Å². The van der Waals surface area contributed by atoms with Gasteiger partial charge in [0.1, 0.15) is 11.4 Å². The maximum Gasteiger partial charge on any atom is 0.217 e. The van der Waals surface area contributed by atoms with Crippen LogP contribution in [0.2, 0.25) is 0 Å². The molecule has 32 heavy (non-hydrogen) atoms. The number of rotatable bonds is 6. The Kier molecular flexibility index (Phi) is 7.70. The molecule has 3 rings (SSSR count). The lowest BCUT2D eigenvalue weighted by Gasteiger charge is -2.22. The maximum absolute atomic E-state index is 11.7. The average Bonchev–Trinajstić information content (AvgIpc) is 3.00. The minimum atomic E-state index is -0.989. The van der Waals surface area contributed by atoms with Crippen LogP contribution in [0.15, 0.2) is 24.3 Å². The van der Waals surface area contributed by atoms with Crippen molar-refractivity contribution in [3.63, 3.8) is 0 Å². The van der Waals surface area contributed by atoms with E-state index < -0.39 is 5.60 Å². The number of amides is 1. The Hall–Kier alpha value is -2.69. The van der Waals surface area contributed by atoms with Crippen LogP contribution in [0.1, 0.15) is 69.9 Å². The van der Waals surface area contributed by atoms with Gasteiger partial charge in [-0.15, -0.1) is 10.2 Å². The molecule has 0 bridgehead atoms. The van der Waals surface area contributed by atoms with Gasteiger partial charge >= 0.3 is 0 Å². The number of carbonyl (C=O) groups is 1. The highest BCUT2D eigenvalue weighted by molar-refractivity contribution is 5.73. The molecule has 172 valence electrons. The maximum atomic E-state index is 11.7. The number of aliphatic hydroxyl groups is 1. The van der Waals surface area contributed by atoms with Crippen molar-refractivity contribution < 1.29 is 9.90 Å². The lowest BCUT2D eigenvalue weighted by atomic mass is 10.0. The Balaban J connectivity index is 1.66. The quantitative estimate of drug-likeness (QED) is 0.679. The molecule has 1 amide bonds. The molecule has 1 aromatic heterocycles. The summed E-state index contributed by atoms with van der Waals surface area (Å²) >= 11 is 0. The number of fused-ring (bicyclic) bond motifs is 1. The van der Waals surface area contributed by atoms with Crippen molar-refractivity contribution in [1.29, 1.82) is 0 Å². The zero-order chi connectivity index (χ0) is 23.3. The van der Waals surface area contributed by atoms with Crippen molar-refractivity contribution in [1.82, 2.24) is 25.0 Å². The minimum Gasteiger partial charge on any atom is -0.378 e. The second kappa shape index (κ2) is 10.3. The molecular formula is C25H35N5O2. The Morgan fingerprint density at radius 3 is 2.53 bits per heavy atom. The van der Waals surface area contributed by atoms with Crippen molar-refractivity contribution in [3.05, 3.63) is 47.0 Å². The number of benzene rings is 1. The standard InChI is InChI=1S/C25H35N5O2/c1-18(2)16-22(26-19(3)31)24-28-27-23-11-13-29(14-15-30(23)24)17-21-8-6-20(7-9-21)10-12-25(4,5)32/h6-9,18,22,32H,11,13-17H2,1-5H3,(H,26,31). The topological polar surface area (TPSA) is 83.3 Å². The average molecular weight is 438 g/mol. The summed E-state index contributed by atoms with van der Waals surface area (Å²) < 4.78 is 2.19. The van der Waals surface area contributed by atoms with E-state index in [4.69, 9.17) is 0 Å². The fourth-order valence-electron chi connectivity index (χ4n) is 3.93.